The van der Waals surface area contributed by atoms with Gasteiger partial charge in [0, 0.05) is 33.3 Å². The van der Waals surface area contributed by atoms with E-state index in [0.717, 1.165) is 33.6 Å². The van der Waals surface area contributed by atoms with E-state index in [1.807, 2.05) is 42.5 Å². The van der Waals surface area contributed by atoms with E-state index < -0.39 is 0 Å². The lowest BCUT2D eigenvalue weighted by Gasteiger charge is -2.23. The number of ether oxygens (including phenoxy) is 1. The van der Waals surface area contributed by atoms with Crippen LogP contribution in [0.1, 0.15) is 42.6 Å². The number of hydrogen-bond acceptors (Lipinski definition) is 3. The number of fused-ring (bicyclic) bond motifs is 1. The summed E-state index contributed by atoms with van der Waals surface area (Å²) in [5, 5.41) is 1.06. The summed E-state index contributed by atoms with van der Waals surface area (Å²) in [6.45, 7) is 6.89. The van der Waals surface area contributed by atoms with Gasteiger partial charge in [0.2, 0.25) is 0 Å². The van der Waals surface area contributed by atoms with Gasteiger partial charge in [-0.3, -0.25) is 4.79 Å². The SMILES string of the molecule is COc1ccccc1CN(C(=O)c1ccco1)c1ccc2[nH]c(C(C)(C)C)cc2c1. The molecule has 0 saturated carbocycles. The highest BCUT2D eigenvalue weighted by Gasteiger charge is 2.23. The number of methoxy groups -OCH3 is 1. The Bertz CT molecular complexity index is 1170. The summed E-state index contributed by atoms with van der Waals surface area (Å²) in [6.07, 6.45) is 1.51. The van der Waals surface area contributed by atoms with Crippen molar-refractivity contribution in [3.05, 3.63) is 83.9 Å². The van der Waals surface area contributed by atoms with Crippen LogP contribution in [-0.2, 0) is 12.0 Å². The first-order valence-electron chi connectivity index (χ1n) is 9.97. The molecule has 0 saturated heterocycles. The van der Waals surface area contributed by atoms with E-state index in [4.69, 9.17) is 9.15 Å². The second-order valence-electron chi connectivity index (χ2n) is 8.39. The summed E-state index contributed by atoms with van der Waals surface area (Å²) < 4.78 is 10.9. The fraction of sp³-hybridized carbons (Fsp3) is 0.240. The average Bonchev–Trinajstić information content (AvgIpc) is 3.40. The van der Waals surface area contributed by atoms with E-state index in [1.54, 1.807) is 24.1 Å². The zero-order valence-electron chi connectivity index (χ0n) is 17.7. The molecule has 1 N–H and O–H groups in total. The summed E-state index contributed by atoms with van der Waals surface area (Å²) >= 11 is 0. The van der Waals surface area contributed by atoms with E-state index in [-0.39, 0.29) is 11.3 Å². The number of amides is 1. The van der Waals surface area contributed by atoms with Crippen LogP contribution in [0.5, 0.6) is 5.75 Å². The van der Waals surface area contributed by atoms with Gasteiger partial charge in [-0.05, 0) is 42.5 Å². The van der Waals surface area contributed by atoms with E-state index in [0.29, 0.717) is 12.3 Å². The van der Waals surface area contributed by atoms with Crippen LogP contribution in [0, 0.1) is 0 Å². The van der Waals surface area contributed by atoms with Crippen LogP contribution < -0.4 is 9.64 Å². The normalized spacial score (nSPS) is 11.6. The van der Waals surface area contributed by atoms with Gasteiger partial charge in [0.15, 0.2) is 5.76 Å². The Kier molecular flexibility index (Phi) is 5.12. The predicted molar refractivity (Wildman–Crippen MR) is 119 cm³/mol. The Morgan fingerprint density at radius 1 is 1.07 bits per heavy atom. The standard InChI is InChI=1S/C25H26N2O3/c1-25(2,3)23-15-18-14-19(11-12-20(18)26-23)27(24(28)22-10-7-13-30-22)16-17-8-5-6-9-21(17)29-4/h5-15,26H,16H2,1-4H3. The first-order chi connectivity index (χ1) is 14.4. The van der Waals surface area contributed by atoms with Gasteiger partial charge >= 0.3 is 0 Å². The van der Waals surface area contributed by atoms with Crippen molar-refractivity contribution in [1.29, 1.82) is 0 Å². The minimum absolute atomic E-state index is 0.0142. The molecule has 0 radical (unpaired) electrons. The first-order valence-corrected chi connectivity index (χ1v) is 9.97. The quantitative estimate of drug-likeness (QED) is 0.451. The summed E-state index contributed by atoms with van der Waals surface area (Å²) in [6, 6.07) is 19.3. The van der Waals surface area contributed by atoms with Crippen molar-refractivity contribution in [2.24, 2.45) is 0 Å². The maximum absolute atomic E-state index is 13.3. The Morgan fingerprint density at radius 2 is 1.87 bits per heavy atom. The van der Waals surface area contributed by atoms with E-state index in [2.05, 4.69) is 31.8 Å². The van der Waals surface area contributed by atoms with Crippen molar-refractivity contribution in [3.63, 3.8) is 0 Å². The Balaban J connectivity index is 1.78. The number of H-pyrrole nitrogens is 1. The van der Waals surface area contributed by atoms with Crippen LogP contribution in [0.15, 0.2) is 71.3 Å². The zero-order valence-corrected chi connectivity index (χ0v) is 17.7. The maximum Gasteiger partial charge on any atom is 0.294 e. The Labute approximate surface area is 176 Å². The molecule has 5 heteroatoms. The fourth-order valence-corrected chi connectivity index (χ4v) is 3.51. The second-order valence-corrected chi connectivity index (χ2v) is 8.39. The number of para-hydroxylation sites is 1. The number of aromatic amines is 1. The maximum atomic E-state index is 13.3. The van der Waals surface area contributed by atoms with Crippen molar-refractivity contribution >= 4 is 22.5 Å². The highest BCUT2D eigenvalue weighted by atomic mass is 16.5. The van der Waals surface area contributed by atoms with Gasteiger partial charge in [-0.15, -0.1) is 0 Å². The molecule has 30 heavy (non-hydrogen) atoms. The largest absolute Gasteiger partial charge is 0.496 e. The minimum Gasteiger partial charge on any atom is -0.496 e. The Hall–Kier alpha value is -3.47. The van der Waals surface area contributed by atoms with Crippen molar-refractivity contribution in [2.75, 3.05) is 12.0 Å². The smallest absolute Gasteiger partial charge is 0.294 e. The molecule has 5 nitrogen and oxygen atoms in total. The van der Waals surface area contributed by atoms with Crippen molar-refractivity contribution in [3.8, 4) is 5.75 Å². The molecule has 0 unspecified atom stereocenters. The third-order valence-corrected chi connectivity index (χ3v) is 5.22. The molecule has 2 aromatic carbocycles. The number of aromatic nitrogens is 1. The third kappa shape index (κ3) is 3.83. The number of benzene rings is 2. The molecule has 0 fully saturated rings. The van der Waals surface area contributed by atoms with Gasteiger partial charge in [-0.2, -0.15) is 0 Å². The van der Waals surface area contributed by atoms with E-state index >= 15 is 0 Å². The zero-order chi connectivity index (χ0) is 21.3. The third-order valence-electron chi connectivity index (χ3n) is 5.22. The lowest BCUT2D eigenvalue weighted by atomic mass is 9.92. The number of carbonyl (C=O) groups is 1. The number of nitrogens with one attached hydrogen (secondary N) is 1. The average molecular weight is 402 g/mol. The number of anilines is 1. The van der Waals surface area contributed by atoms with Crippen LogP contribution in [-0.4, -0.2) is 18.0 Å². The molecule has 2 heterocycles. The molecular formula is C25H26N2O3. The van der Waals surface area contributed by atoms with E-state index in [9.17, 15) is 4.79 Å². The molecule has 0 atom stereocenters. The minimum atomic E-state index is -0.197. The molecular weight excluding hydrogens is 376 g/mol. The van der Waals surface area contributed by atoms with Crippen LogP contribution in [0.4, 0.5) is 5.69 Å². The molecule has 0 spiro atoms. The monoisotopic (exact) mass is 402 g/mol. The van der Waals surface area contributed by atoms with Crippen LogP contribution in [0.25, 0.3) is 10.9 Å². The number of rotatable bonds is 5. The van der Waals surface area contributed by atoms with Gasteiger partial charge in [0.25, 0.3) is 5.91 Å². The topological polar surface area (TPSA) is 58.5 Å². The second kappa shape index (κ2) is 7.75. The molecule has 1 amide bonds. The lowest BCUT2D eigenvalue weighted by molar-refractivity contribution is 0.0958. The van der Waals surface area contributed by atoms with Crippen LogP contribution in [0.2, 0.25) is 0 Å². The molecule has 0 aliphatic carbocycles. The molecule has 4 aromatic rings. The molecule has 154 valence electrons. The fourth-order valence-electron chi connectivity index (χ4n) is 3.51. The number of hydrogen-bond donors (Lipinski definition) is 1. The summed E-state index contributed by atoms with van der Waals surface area (Å²) in [5.41, 5.74) is 3.94. The lowest BCUT2D eigenvalue weighted by Crippen LogP contribution is -2.30. The number of nitrogens with zero attached hydrogens (tertiary/aromatic N) is 1. The number of furan rings is 1. The highest BCUT2D eigenvalue weighted by Crippen LogP contribution is 2.31. The van der Waals surface area contributed by atoms with Crippen LogP contribution >= 0.6 is 0 Å². The van der Waals surface area contributed by atoms with Crippen LogP contribution in [0.3, 0.4) is 0 Å². The summed E-state index contributed by atoms with van der Waals surface area (Å²) in [7, 11) is 1.64. The number of carbonyl (C=O) groups excluding carboxylic acids is 1. The molecule has 0 aliphatic heterocycles. The van der Waals surface area contributed by atoms with Crippen molar-refractivity contribution < 1.29 is 13.9 Å². The highest BCUT2D eigenvalue weighted by molar-refractivity contribution is 6.05. The van der Waals surface area contributed by atoms with Crippen molar-refractivity contribution in [2.45, 2.75) is 32.7 Å². The van der Waals surface area contributed by atoms with Gasteiger partial charge in [0.05, 0.1) is 19.9 Å². The molecule has 0 bridgehead atoms. The summed E-state index contributed by atoms with van der Waals surface area (Å²) in [5.74, 6) is 0.846. The molecule has 0 aliphatic rings. The first kappa shape index (κ1) is 19.8. The predicted octanol–water partition coefficient (Wildman–Crippen LogP) is 5.91. The molecule has 4 rings (SSSR count). The van der Waals surface area contributed by atoms with Crippen molar-refractivity contribution in [1.82, 2.24) is 4.98 Å². The van der Waals surface area contributed by atoms with E-state index in [1.165, 1.54) is 6.26 Å². The summed E-state index contributed by atoms with van der Waals surface area (Å²) in [4.78, 5) is 18.5. The van der Waals surface area contributed by atoms with Gasteiger partial charge in [0.1, 0.15) is 5.75 Å². The van der Waals surface area contributed by atoms with Gasteiger partial charge in [-0.25, -0.2) is 0 Å². The Morgan fingerprint density at radius 3 is 2.57 bits per heavy atom. The molecule has 2 aromatic heterocycles. The van der Waals surface area contributed by atoms with Gasteiger partial charge < -0.3 is 19.0 Å². The van der Waals surface area contributed by atoms with Gasteiger partial charge in [-0.1, -0.05) is 39.0 Å².